The number of nitrogens with zero attached hydrogens (tertiary/aromatic N) is 5. The number of hydrogen-bond acceptors (Lipinski definition) is 8. The molecule has 0 unspecified atom stereocenters. The molecule has 0 saturated carbocycles. The van der Waals surface area contributed by atoms with Crippen LogP contribution >= 0.6 is 11.6 Å². The molecule has 6 rings (SSSR count). The number of halogens is 3. The fraction of sp³-hybridized carbons (Fsp3) is 0.0370. The summed E-state index contributed by atoms with van der Waals surface area (Å²) in [5.74, 6) is -1.86. The number of para-hydroxylation sites is 1. The Bertz CT molecular complexity index is 2110. The van der Waals surface area contributed by atoms with Crippen LogP contribution in [0.5, 0.6) is 5.75 Å². The summed E-state index contributed by atoms with van der Waals surface area (Å²) in [6, 6.07) is 14.4. The largest absolute Gasteiger partial charge is 0.506 e. The molecule has 0 radical (unpaired) electrons. The lowest BCUT2D eigenvalue weighted by Gasteiger charge is -2.15. The van der Waals surface area contributed by atoms with E-state index >= 15 is 4.39 Å². The normalized spacial score (nSPS) is 11.7. The summed E-state index contributed by atoms with van der Waals surface area (Å²) in [6.07, 6.45) is 2.67. The second-order valence-corrected chi connectivity index (χ2v) is 11.0. The summed E-state index contributed by atoms with van der Waals surface area (Å²) in [5.41, 5.74) is 0.614. The first-order valence-electron chi connectivity index (χ1n) is 11.9. The van der Waals surface area contributed by atoms with Crippen molar-refractivity contribution in [3.05, 3.63) is 95.5 Å². The van der Waals surface area contributed by atoms with Crippen molar-refractivity contribution in [2.24, 2.45) is 0 Å². The van der Waals surface area contributed by atoms with E-state index in [1.807, 2.05) is 0 Å². The molecule has 0 aliphatic heterocycles. The van der Waals surface area contributed by atoms with Crippen LogP contribution in [-0.2, 0) is 10.0 Å². The van der Waals surface area contributed by atoms with Gasteiger partial charge in [-0.1, -0.05) is 23.7 Å². The smallest absolute Gasteiger partial charge is 0.262 e. The number of imidazole rings is 1. The minimum absolute atomic E-state index is 0.000272. The molecular weight excluding hydrogens is 576 g/mol. The predicted molar refractivity (Wildman–Crippen MR) is 150 cm³/mol. The molecule has 41 heavy (non-hydrogen) atoms. The van der Waals surface area contributed by atoms with Crippen molar-refractivity contribution < 1.29 is 22.3 Å². The second kappa shape index (κ2) is 9.94. The zero-order valence-corrected chi connectivity index (χ0v) is 22.5. The zero-order valence-electron chi connectivity index (χ0n) is 21.0. The van der Waals surface area contributed by atoms with Crippen LogP contribution < -0.4 is 10.0 Å². The third-order valence-corrected chi connectivity index (χ3v) is 8.28. The molecule has 0 aliphatic carbocycles. The number of anilines is 3. The zero-order chi connectivity index (χ0) is 28.9. The Balaban J connectivity index is 1.40. The van der Waals surface area contributed by atoms with Crippen LogP contribution in [0, 0.1) is 18.6 Å². The molecule has 0 saturated heterocycles. The molecular formula is C27H18ClF2N7O3S. The van der Waals surface area contributed by atoms with Gasteiger partial charge in [0.15, 0.2) is 11.6 Å². The number of phenols is 1. The predicted octanol–water partition coefficient (Wildman–Crippen LogP) is 5.85. The van der Waals surface area contributed by atoms with Gasteiger partial charge < -0.3 is 10.4 Å². The summed E-state index contributed by atoms with van der Waals surface area (Å²) in [7, 11) is -4.27. The van der Waals surface area contributed by atoms with Crippen LogP contribution in [0.4, 0.5) is 26.0 Å². The number of aromatic nitrogens is 5. The first kappa shape index (κ1) is 26.3. The molecule has 14 heteroatoms. The number of rotatable bonds is 6. The molecule has 0 spiro atoms. The highest BCUT2D eigenvalue weighted by Gasteiger charge is 2.23. The van der Waals surface area contributed by atoms with Crippen molar-refractivity contribution in [2.75, 3.05) is 10.0 Å². The van der Waals surface area contributed by atoms with Gasteiger partial charge >= 0.3 is 0 Å². The van der Waals surface area contributed by atoms with Gasteiger partial charge in [-0.15, -0.1) is 0 Å². The Hall–Kier alpha value is -4.88. The van der Waals surface area contributed by atoms with Crippen molar-refractivity contribution in [1.29, 1.82) is 0 Å². The Kier molecular flexibility index (Phi) is 6.39. The van der Waals surface area contributed by atoms with Crippen LogP contribution in [0.2, 0.25) is 5.02 Å². The van der Waals surface area contributed by atoms with Crippen molar-refractivity contribution in [3.8, 4) is 11.6 Å². The van der Waals surface area contributed by atoms with Crippen LogP contribution in [0.15, 0.2) is 78.2 Å². The van der Waals surface area contributed by atoms with E-state index in [9.17, 15) is 17.9 Å². The summed E-state index contributed by atoms with van der Waals surface area (Å²) in [6.45, 7) is 1.52. The molecule has 3 N–H and O–H groups in total. The summed E-state index contributed by atoms with van der Waals surface area (Å²) in [4.78, 5) is 16.9. The maximum atomic E-state index is 15.6. The Morgan fingerprint density at radius 3 is 2.59 bits per heavy atom. The lowest BCUT2D eigenvalue weighted by atomic mass is 10.2. The summed E-state index contributed by atoms with van der Waals surface area (Å²) < 4.78 is 60.3. The number of sulfonamides is 1. The monoisotopic (exact) mass is 593 g/mol. The molecule has 206 valence electrons. The van der Waals surface area contributed by atoms with E-state index in [0.29, 0.717) is 22.4 Å². The highest BCUT2D eigenvalue weighted by molar-refractivity contribution is 7.92. The minimum atomic E-state index is -4.27. The SMILES string of the molecule is Cc1c(Cl)cccc1S(=O)(=O)Nc1ccc(F)c(Nc2ncnc3ccc(-n4cnc5c(O)cccc54)nc23)c1F. The average Bonchev–Trinajstić information content (AvgIpc) is 3.39. The molecule has 0 aliphatic rings. The number of hydrogen-bond donors (Lipinski definition) is 3. The van der Waals surface area contributed by atoms with Gasteiger partial charge in [0.25, 0.3) is 10.0 Å². The molecule has 0 bridgehead atoms. The molecule has 3 aromatic heterocycles. The highest BCUT2D eigenvalue weighted by Crippen LogP contribution is 2.33. The first-order valence-corrected chi connectivity index (χ1v) is 13.8. The third-order valence-electron chi connectivity index (χ3n) is 6.36. The van der Waals surface area contributed by atoms with E-state index in [1.165, 1.54) is 43.8 Å². The van der Waals surface area contributed by atoms with Gasteiger partial charge in [-0.05, 0) is 61.0 Å². The van der Waals surface area contributed by atoms with E-state index < -0.39 is 33.0 Å². The van der Waals surface area contributed by atoms with Gasteiger partial charge in [0.2, 0.25) is 0 Å². The number of pyridine rings is 1. The van der Waals surface area contributed by atoms with Crippen molar-refractivity contribution in [2.45, 2.75) is 11.8 Å². The van der Waals surface area contributed by atoms with Crippen molar-refractivity contribution >= 4 is 60.9 Å². The fourth-order valence-corrected chi connectivity index (χ4v) is 5.86. The van der Waals surface area contributed by atoms with E-state index in [2.05, 4.69) is 30.0 Å². The third kappa shape index (κ3) is 4.64. The van der Waals surface area contributed by atoms with Gasteiger partial charge in [0, 0.05) is 5.02 Å². The summed E-state index contributed by atoms with van der Waals surface area (Å²) >= 11 is 6.06. The topological polar surface area (TPSA) is 135 Å². The number of benzene rings is 3. The van der Waals surface area contributed by atoms with Gasteiger partial charge in [-0.3, -0.25) is 9.29 Å². The number of phenolic OH excluding ortho intramolecular Hbond substituents is 1. The highest BCUT2D eigenvalue weighted by atomic mass is 35.5. The number of nitrogens with one attached hydrogen (secondary N) is 2. The van der Waals surface area contributed by atoms with Crippen LogP contribution in [0.1, 0.15) is 5.56 Å². The standard InChI is InChI=1S/C27H18ClF2N7O3S/c1-14-15(28)4-2-7-21(14)41(39,40)36-17-9-8-16(29)24(23(17)30)35-27-25-18(31-12-32-27)10-11-22(34-25)37-13-33-26-19(37)5-3-6-20(26)38/h2-13,36,38H,1H3,(H,31,32,35). The fourth-order valence-electron chi connectivity index (χ4n) is 4.30. The lowest BCUT2D eigenvalue weighted by Crippen LogP contribution is -2.16. The lowest BCUT2D eigenvalue weighted by molar-refractivity contribution is 0.480. The Labute approximate surface area is 236 Å². The second-order valence-electron chi connectivity index (χ2n) is 8.90. The van der Waals surface area contributed by atoms with Gasteiger partial charge in [-0.25, -0.2) is 37.1 Å². The number of fused-ring (bicyclic) bond motifs is 2. The maximum absolute atomic E-state index is 15.6. The van der Waals surface area contributed by atoms with Gasteiger partial charge in [0.1, 0.15) is 46.8 Å². The van der Waals surface area contributed by atoms with Crippen molar-refractivity contribution in [1.82, 2.24) is 24.5 Å². The van der Waals surface area contributed by atoms with Gasteiger partial charge in [0.05, 0.1) is 21.6 Å². The summed E-state index contributed by atoms with van der Waals surface area (Å²) in [5, 5.41) is 12.9. The molecule has 0 amide bonds. The quantitative estimate of drug-likeness (QED) is 0.219. The van der Waals surface area contributed by atoms with Gasteiger partial charge in [-0.2, -0.15) is 0 Å². The van der Waals surface area contributed by atoms with E-state index in [0.717, 1.165) is 12.1 Å². The molecule has 6 aromatic rings. The average molecular weight is 594 g/mol. The molecule has 10 nitrogen and oxygen atoms in total. The Morgan fingerprint density at radius 2 is 1.76 bits per heavy atom. The molecule has 3 aromatic carbocycles. The van der Waals surface area contributed by atoms with Crippen LogP contribution in [0.25, 0.3) is 27.9 Å². The minimum Gasteiger partial charge on any atom is -0.506 e. The van der Waals surface area contributed by atoms with Crippen LogP contribution in [0.3, 0.4) is 0 Å². The number of aromatic hydroxyl groups is 1. The molecule has 3 heterocycles. The first-order chi connectivity index (χ1) is 19.6. The van der Waals surface area contributed by atoms with Crippen molar-refractivity contribution in [3.63, 3.8) is 0 Å². The van der Waals surface area contributed by atoms with E-state index in [1.54, 1.807) is 28.8 Å². The molecule has 0 fully saturated rings. The Morgan fingerprint density at radius 1 is 0.951 bits per heavy atom. The van der Waals surface area contributed by atoms with E-state index in [4.69, 9.17) is 11.6 Å². The molecule has 0 atom stereocenters. The van der Waals surface area contributed by atoms with Crippen LogP contribution in [-0.4, -0.2) is 38.0 Å². The maximum Gasteiger partial charge on any atom is 0.262 e. The van der Waals surface area contributed by atoms with E-state index in [-0.39, 0.29) is 32.6 Å².